The van der Waals surface area contributed by atoms with Crippen molar-refractivity contribution in [2.75, 3.05) is 6.54 Å². The second kappa shape index (κ2) is 6.90. The van der Waals surface area contributed by atoms with Crippen LogP contribution in [0.1, 0.15) is 127 Å². The second-order valence-corrected chi connectivity index (χ2v) is 16.5. The molecule has 0 bridgehead atoms. The maximum absolute atomic E-state index is 10.7. The quantitative estimate of drug-likeness (QED) is 0.422. The number of ether oxygens (including phenoxy) is 1. The van der Waals surface area contributed by atoms with Gasteiger partial charge >= 0.3 is 0 Å². The Kier molecular flexibility index (Phi) is 4.96. The fraction of sp³-hybridized carbons (Fsp3) is 1.00. The van der Waals surface area contributed by atoms with E-state index in [0.29, 0.717) is 22.2 Å². The molecule has 1 spiro atoms. The van der Waals surface area contributed by atoms with Gasteiger partial charge in [0.15, 0.2) is 0 Å². The van der Waals surface area contributed by atoms with E-state index in [9.17, 15) is 5.11 Å². The van der Waals surface area contributed by atoms with Crippen LogP contribution in [0, 0.1) is 50.2 Å². The van der Waals surface area contributed by atoms with Crippen molar-refractivity contribution in [3.05, 3.63) is 0 Å². The van der Waals surface area contributed by atoms with Gasteiger partial charge in [-0.15, -0.1) is 0 Å². The van der Waals surface area contributed by atoms with E-state index in [1.807, 2.05) is 0 Å². The van der Waals surface area contributed by atoms with Crippen LogP contribution < -0.4 is 5.32 Å². The van der Waals surface area contributed by atoms with Crippen molar-refractivity contribution < 1.29 is 15.2 Å². The predicted molar refractivity (Wildman–Crippen MR) is 142 cm³/mol. The number of aliphatic hydroxyl groups excluding tert-OH is 1. The highest BCUT2D eigenvalue weighted by Gasteiger charge is 2.84. The molecule has 35 heavy (non-hydrogen) atoms. The monoisotopic (exact) mass is 486 g/mol. The lowest BCUT2D eigenvalue weighted by molar-refractivity contribution is -0.788. The molecule has 200 valence electrons. The number of fused-ring (bicyclic) bond motifs is 7. The molecule has 2 aliphatic heterocycles. The van der Waals surface area contributed by atoms with Crippen LogP contribution >= 0.6 is 0 Å². The molecule has 0 aromatic rings. The highest BCUT2D eigenvalue weighted by molar-refractivity contribution is 5.30. The minimum absolute atomic E-state index is 0.0161. The minimum Gasteiger partial charge on any atom is -0.393 e. The maximum atomic E-state index is 10.7. The van der Waals surface area contributed by atoms with Gasteiger partial charge in [0.05, 0.1) is 18.2 Å². The SMILES string of the molecule is C[C@H]1CC[C@]2([NH2+]C1)O[C@@]1(C)C[C@@]3(C)[C@@H]4CC[C@@]5(C)C[C@H](O)CC[C@]5(C)[C@@]4(C)CC[C@]3(C)[C@@]1(C)[C@@H]2C. The number of nitrogens with two attached hydrogens (primary N) is 1. The van der Waals surface area contributed by atoms with E-state index in [1.54, 1.807) is 0 Å². The van der Waals surface area contributed by atoms with E-state index < -0.39 is 0 Å². The third-order valence-corrected chi connectivity index (χ3v) is 16.0. The predicted octanol–water partition coefficient (Wildman–Crippen LogP) is 6.29. The van der Waals surface area contributed by atoms with Crippen molar-refractivity contribution in [3.8, 4) is 0 Å². The molecule has 4 aliphatic carbocycles. The molecule has 0 aromatic carbocycles. The van der Waals surface area contributed by atoms with Gasteiger partial charge in [0.1, 0.15) is 0 Å². The molecule has 3 nitrogen and oxygen atoms in total. The van der Waals surface area contributed by atoms with Crippen molar-refractivity contribution in [1.29, 1.82) is 0 Å². The van der Waals surface area contributed by atoms with Gasteiger partial charge in [-0.3, -0.25) is 0 Å². The van der Waals surface area contributed by atoms with Crippen LogP contribution in [-0.4, -0.2) is 29.1 Å². The second-order valence-electron chi connectivity index (χ2n) is 16.5. The zero-order valence-corrected chi connectivity index (χ0v) is 24.5. The number of piperidine rings is 1. The summed E-state index contributed by atoms with van der Waals surface area (Å²) in [6, 6.07) is 0. The van der Waals surface area contributed by atoms with E-state index in [0.717, 1.165) is 24.7 Å². The Morgan fingerprint density at radius 1 is 0.771 bits per heavy atom. The molecule has 0 aromatic heterocycles. The molecule has 3 N–H and O–H groups in total. The molecule has 12 atom stereocenters. The summed E-state index contributed by atoms with van der Waals surface area (Å²) in [6.45, 7) is 24.7. The summed E-state index contributed by atoms with van der Waals surface area (Å²) in [5.74, 6) is 2.11. The molecule has 6 fully saturated rings. The fourth-order valence-corrected chi connectivity index (χ4v) is 13.1. The van der Waals surface area contributed by atoms with Crippen molar-refractivity contribution in [2.24, 2.45) is 50.2 Å². The summed E-state index contributed by atoms with van der Waals surface area (Å²) in [5, 5.41) is 13.3. The molecule has 4 saturated carbocycles. The first-order chi connectivity index (χ1) is 16.1. The lowest BCUT2D eigenvalue weighted by Crippen LogP contribution is -3.01. The maximum Gasteiger partial charge on any atom is 0.203 e. The first-order valence-corrected chi connectivity index (χ1v) is 15.3. The zero-order chi connectivity index (χ0) is 25.5. The van der Waals surface area contributed by atoms with Crippen molar-refractivity contribution in [3.63, 3.8) is 0 Å². The van der Waals surface area contributed by atoms with Gasteiger partial charge in [0.2, 0.25) is 5.72 Å². The van der Waals surface area contributed by atoms with Crippen molar-refractivity contribution in [2.45, 2.75) is 144 Å². The van der Waals surface area contributed by atoms with Gasteiger partial charge in [-0.2, -0.15) is 0 Å². The Bertz CT molecular complexity index is 911. The summed E-state index contributed by atoms with van der Waals surface area (Å²) >= 11 is 0. The molecular weight excluding hydrogens is 430 g/mol. The van der Waals surface area contributed by atoms with E-state index in [1.165, 1.54) is 57.9 Å². The normalized spacial score (nSPS) is 66.0. The van der Waals surface area contributed by atoms with E-state index >= 15 is 0 Å². The molecule has 3 heteroatoms. The zero-order valence-electron chi connectivity index (χ0n) is 24.5. The van der Waals surface area contributed by atoms with E-state index in [4.69, 9.17) is 4.74 Å². The first-order valence-electron chi connectivity index (χ1n) is 15.3. The molecule has 6 rings (SSSR count). The number of quaternary nitrogens is 1. The summed E-state index contributed by atoms with van der Waals surface area (Å²) in [7, 11) is 0. The highest BCUT2D eigenvalue weighted by atomic mass is 16.5. The molecule has 2 saturated heterocycles. The molecule has 6 aliphatic rings. The Morgan fingerprint density at radius 3 is 2.14 bits per heavy atom. The van der Waals surface area contributed by atoms with Crippen LogP contribution in [0.25, 0.3) is 0 Å². The fourth-order valence-electron chi connectivity index (χ4n) is 13.1. The summed E-state index contributed by atoms with van der Waals surface area (Å²) < 4.78 is 7.48. The molecule has 0 amide bonds. The van der Waals surface area contributed by atoms with Crippen LogP contribution in [0.15, 0.2) is 0 Å². The molecular formula is C32H56NO2+. The topological polar surface area (TPSA) is 46.1 Å². The van der Waals surface area contributed by atoms with Gasteiger partial charge in [-0.05, 0) is 97.7 Å². The van der Waals surface area contributed by atoms with Gasteiger partial charge in [-0.1, -0.05) is 55.4 Å². The third-order valence-electron chi connectivity index (χ3n) is 16.0. The Morgan fingerprint density at radius 2 is 1.49 bits per heavy atom. The van der Waals surface area contributed by atoms with Gasteiger partial charge in [0.25, 0.3) is 0 Å². The minimum atomic E-state index is -0.0961. The van der Waals surface area contributed by atoms with E-state index in [-0.39, 0.29) is 33.7 Å². The summed E-state index contributed by atoms with van der Waals surface area (Å²) in [4.78, 5) is 0. The van der Waals surface area contributed by atoms with Gasteiger partial charge in [0, 0.05) is 23.7 Å². The largest absolute Gasteiger partial charge is 0.393 e. The average Bonchev–Trinajstić information content (AvgIpc) is 3.02. The number of rotatable bonds is 0. The molecule has 0 radical (unpaired) electrons. The lowest BCUT2D eigenvalue weighted by Gasteiger charge is -2.73. The third kappa shape index (κ3) is 2.52. The van der Waals surface area contributed by atoms with Crippen LogP contribution in [0.4, 0.5) is 0 Å². The smallest absolute Gasteiger partial charge is 0.203 e. The van der Waals surface area contributed by atoms with Gasteiger partial charge in [-0.25, -0.2) is 0 Å². The number of aliphatic hydroxyl groups is 1. The Labute approximate surface area is 215 Å². The first kappa shape index (κ1) is 25.2. The molecule has 2 heterocycles. The summed E-state index contributed by atoms with van der Waals surface area (Å²) in [6.07, 6.45) is 12.1. The van der Waals surface area contributed by atoms with Crippen LogP contribution in [0.3, 0.4) is 0 Å². The number of hydrogen-bond donors (Lipinski definition) is 2. The van der Waals surface area contributed by atoms with Gasteiger partial charge < -0.3 is 15.2 Å². The number of hydrogen-bond acceptors (Lipinski definition) is 2. The average molecular weight is 487 g/mol. The van der Waals surface area contributed by atoms with Crippen molar-refractivity contribution >= 4 is 0 Å². The Hall–Kier alpha value is -0.120. The lowest BCUT2D eigenvalue weighted by atomic mass is 9.31. The Balaban J connectivity index is 1.42. The summed E-state index contributed by atoms with van der Waals surface area (Å²) in [5.41, 5.74) is 1.63. The van der Waals surface area contributed by atoms with Crippen molar-refractivity contribution in [1.82, 2.24) is 0 Å². The van der Waals surface area contributed by atoms with Crippen LogP contribution in [0.5, 0.6) is 0 Å². The highest BCUT2D eigenvalue weighted by Crippen LogP contribution is 2.85. The standard InChI is InChI=1S/C32H55NO2/c1-21-10-15-32(33-19-21)22(2)31(9)29(7)17-16-26(4)24(27(29,5)20-30(31,8)35-32)12-13-25(3)18-23(34)11-14-28(25,26)6/h21-24,33-34H,10-20H2,1-9H3/p+1/t21-,22-,23+,24+,25-,26-,27-,28-,29-,30-,31+,32-/m0/s1. The van der Waals surface area contributed by atoms with Crippen LogP contribution in [-0.2, 0) is 4.74 Å². The van der Waals surface area contributed by atoms with Crippen LogP contribution in [0.2, 0.25) is 0 Å². The van der Waals surface area contributed by atoms with E-state index in [2.05, 4.69) is 67.6 Å². The molecule has 0 unspecified atom stereocenters.